The van der Waals surface area contributed by atoms with E-state index in [-0.39, 0.29) is 22.1 Å². The molecule has 0 unspecified atom stereocenters. The van der Waals surface area contributed by atoms with Crippen LogP contribution in [0.3, 0.4) is 0 Å². The van der Waals surface area contributed by atoms with Crippen molar-refractivity contribution >= 4 is 22.1 Å². The summed E-state index contributed by atoms with van der Waals surface area (Å²) in [7, 11) is 3.01. The highest BCUT2D eigenvalue weighted by atomic mass is 16.5. The SMILES string of the molecule is COc1ccc2c(c1)n([O-])c1ccc(OC)cc1[n+]2=O. The van der Waals surface area contributed by atoms with E-state index >= 15 is 0 Å². The van der Waals surface area contributed by atoms with Crippen LogP contribution < -0.4 is 13.9 Å². The first-order valence-corrected chi connectivity index (χ1v) is 5.96. The van der Waals surface area contributed by atoms with Crippen molar-refractivity contribution in [2.75, 3.05) is 14.2 Å². The van der Waals surface area contributed by atoms with Gasteiger partial charge in [-0.25, -0.2) is 0 Å². The van der Waals surface area contributed by atoms with Crippen LogP contribution >= 0.6 is 0 Å². The van der Waals surface area contributed by atoms with Crippen LogP contribution in [0.2, 0.25) is 0 Å². The molecule has 0 radical (unpaired) electrons. The Morgan fingerprint density at radius 1 is 0.950 bits per heavy atom. The quantitative estimate of drug-likeness (QED) is 0.529. The summed E-state index contributed by atoms with van der Waals surface area (Å²) in [6.45, 7) is 0. The predicted octanol–water partition coefficient (Wildman–Crippen LogP) is 2.07. The van der Waals surface area contributed by atoms with Gasteiger partial charge in [0.2, 0.25) is 0 Å². The molecular formula is C14H12N2O4. The third-order valence-electron chi connectivity index (χ3n) is 3.24. The Hall–Kier alpha value is -2.76. The van der Waals surface area contributed by atoms with Crippen LogP contribution in [-0.4, -0.2) is 19.0 Å². The van der Waals surface area contributed by atoms with Gasteiger partial charge in [0.1, 0.15) is 22.5 Å². The predicted molar refractivity (Wildman–Crippen MR) is 74.7 cm³/mol. The second-order valence-corrected chi connectivity index (χ2v) is 4.30. The lowest BCUT2D eigenvalue weighted by Crippen LogP contribution is -2.19. The molecule has 1 aromatic heterocycles. The fraction of sp³-hybridized carbons (Fsp3) is 0.143. The molecule has 0 saturated carbocycles. The summed E-state index contributed by atoms with van der Waals surface area (Å²) in [5, 5.41) is 12.4. The van der Waals surface area contributed by atoms with Crippen molar-refractivity contribution in [2.24, 2.45) is 0 Å². The van der Waals surface area contributed by atoms with Crippen LogP contribution in [0.4, 0.5) is 0 Å². The minimum Gasteiger partial charge on any atom is -0.805 e. The molecule has 3 rings (SSSR count). The highest BCUT2D eigenvalue weighted by molar-refractivity contribution is 5.84. The molecule has 6 heteroatoms. The van der Waals surface area contributed by atoms with Crippen molar-refractivity contribution in [3.63, 3.8) is 0 Å². The van der Waals surface area contributed by atoms with Gasteiger partial charge in [0, 0.05) is 17.0 Å². The number of benzene rings is 2. The molecule has 0 aliphatic carbocycles. The maximum atomic E-state index is 12.4. The van der Waals surface area contributed by atoms with E-state index in [1.54, 1.807) is 36.4 Å². The van der Waals surface area contributed by atoms with Crippen molar-refractivity contribution < 1.29 is 13.9 Å². The molecule has 0 aliphatic heterocycles. The van der Waals surface area contributed by atoms with E-state index in [4.69, 9.17) is 9.47 Å². The number of aromatic nitrogens is 2. The molecule has 102 valence electrons. The smallest absolute Gasteiger partial charge is 0.290 e. The van der Waals surface area contributed by atoms with Crippen LogP contribution in [0.15, 0.2) is 36.4 Å². The van der Waals surface area contributed by atoms with E-state index in [0.29, 0.717) is 11.5 Å². The van der Waals surface area contributed by atoms with Crippen LogP contribution in [0.5, 0.6) is 11.5 Å². The number of methoxy groups -OCH3 is 2. The molecule has 0 bridgehead atoms. The normalized spacial score (nSPS) is 10.9. The molecule has 3 aromatic rings. The van der Waals surface area contributed by atoms with E-state index in [1.165, 1.54) is 14.2 Å². The third-order valence-corrected chi connectivity index (χ3v) is 3.24. The Labute approximate surface area is 114 Å². The van der Waals surface area contributed by atoms with Crippen LogP contribution in [0.25, 0.3) is 22.1 Å². The molecule has 0 atom stereocenters. The summed E-state index contributed by atoms with van der Waals surface area (Å²) < 4.78 is 11.6. The average molecular weight is 272 g/mol. The standard InChI is InChI=1S/C14H12N2O4/c1-19-9-3-5-11-13(7-9)15(17)12-6-4-10(20-2)8-14(12)16(11)18/h3-8H,1-2H3. The Morgan fingerprint density at radius 2 is 1.60 bits per heavy atom. The number of hydrogen-bond donors (Lipinski definition) is 0. The highest BCUT2D eigenvalue weighted by Crippen LogP contribution is 2.23. The topological polar surface area (TPSA) is 69.4 Å². The molecule has 0 saturated heterocycles. The number of nitrogens with zero attached hydrogens (tertiary/aromatic N) is 2. The van der Waals surface area contributed by atoms with Gasteiger partial charge in [-0.2, -0.15) is 0 Å². The number of ether oxygens (including phenoxy) is 2. The highest BCUT2D eigenvalue weighted by Gasteiger charge is 2.16. The van der Waals surface area contributed by atoms with Crippen molar-refractivity contribution in [3.05, 3.63) is 46.5 Å². The molecule has 0 fully saturated rings. The summed E-state index contributed by atoms with van der Waals surface area (Å²) in [6, 6.07) is 9.50. The fourth-order valence-electron chi connectivity index (χ4n) is 2.19. The zero-order chi connectivity index (χ0) is 14.3. The van der Waals surface area contributed by atoms with Gasteiger partial charge in [0.05, 0.1) is 24.7 Å². The lowest BCUT2D eigenvalue weighted by atomic mass is 10.2. The van der Waals surface area contributed by atoms with Crippen molar-refractivity contribution in [3.8, 4) is 11.5 Å². The first-order valence-electron chi connectivity index (χ1n) is 5.96. The van der Waals surface area contributed by atoms with E-state index in [0.717, 1.165) is 9.16 Å². The first-order chi connectivity index (χ1) is 9.65. The second kappa shape index (κ2) is 4.41. The number of fused-ring (bicyclic) bond motifs is 2. The van der Waals surface area contributed by atoms with Crippen molar-refractivity contribution in [1.82, 2.24) is 4.73 Å². The van der Waals surface area contributed by atoms with Crippen molar-refractivity contribution in [1.29, 1.82) is 0 Å². The summed E-state index contributed by atoms with van der Waals surface area (Å²) in [4.78, 5) is 12.4. The van der Waals surface area contributed by atoms with Gasteiger partial charge in [-0.3, -0.25) is 0 Å². The molecular weight excluding hydrogens is 260 g/mol. The summed E-state index contributed by atoms with van der Waals surface area (Å²) in [5.41, 5.74) is 1.08. The monoisotopic (exact) mass is 272 g/mol. The van der Waals surface area contributed by atoms with Gasteiger partial charge in [0.25, 0.3) is 11.0 Å². The second-order valence-electron chi connectivity index (χ2n) is 4.30. The Kier molecular flexibility index (Phi) is 2.71. The van der Waals surface area contributed by atoms with E-state index < -0.39 is 0 Å². The van der Waals surface area contributed by atoms with Crippen LogP contribution in [-0.2, 0) is 0 Å². The van der Waals surface area contributed by atoms with Gasteiger partial charge in [-0.05, 0) is 18.2 Å². The van der Waals surface area contributed by atoms with Gasteiger partial charge in [-0.15, -0.1) is 0 Å². The largest absolute Gasteiger partial charge is 0.805 e. The third kappa shape index (κ3) is 1.65. The van der Waals surface area contributed by atoms with Crippen LogP contribution in [0.1, 0.15) is 0 Å². The van der Waals surface area contributed by atoms with Crippen LogP contribution in [0, 0.1) is 10.1 Å². The zero-order valence-corrected chi connectivity index (χ0v) is 11.0. The molecule has 0 amide bonds. The zero-order valence-electron chi connectivity index (χ0n) is 11.0. The average Bonchev–Trinajstić information content (AvgIpc) is 2.51. The number of hydrogen-bond acceptors (Lipinski definition) is 4. The fourth-order valence-corrected chi connectivity index (χ4v) is 2.19. The van der Waals surface area contributed by atoms with Gasteiger partial charge < -0.3 is 19.4 Å². The minimum absolute atomic E-state index is 0.261. The maximum Gasteiger partial charge on any atom is 0.290 e. The molecule has 0 N–H and O–H groups in total. The minimum atomic E-state index is 0.261. The molecule has 0 spiro atoms. The number of rotatable bonds is 2. The summed E-state index contributed by atoms with van der Waals surface area (Å²) in [5.74, 6) is 1.05. The molecule has 0 aliphatic rings. The maximum absolute atomic E-state index is 12.4. The Morgan fingerprint density at radius 3 is 2.30 bits per heavy atom. The molecule has 20 heavy (non-hydrogen) atoms. The lowest BCUT2D eigenvalue weighted by Gasteiger charge is -2.15. The van der Waals surface area contributed by atoms with E-state index in [2.05, 4.69) is 0 Å². The first kappa shape index (κ1) is 12.3. The molecule has 1 heterocycles. The van der Waals surface area contributed by atoms with Gasteiger partial charge >= 0.3 is 0 Å². The molecule has 6 nitrogen and oxygen atoms in total. The van der Waals surface area contributed by atoms with Gasteiger partial charge in [-0.1, -0.05) is 0 Å². The Balaban J connectivity index is 2.50. The summed E-state index contributed by atoms with van der Waals surface area (Å²) in [6.07, 6.45) is 0. The summed E-state index contributed by atoms with van der Waals surface area (Å²) >= 11 is 0. The lowest BCUT2D eigenvalue weighted by molar-refractivity contribution is -0.432. The van der Waals surface area contributed by atoms with Crippen molar-refractivity contribution in [2.45, 2.75) is 0 Å². The molecule has 2 aromatic carbocycles. The Bertz CT molecular complexity index is 870. The van der Waals surface area contributed by atoms with Gasteiger partial charge in [0.15, 0.2) is 0 Å². The van der Waals surface area contributed by atoms with E-state index in [9.17, 15) is 10.1 Å². The van der Waals surface area contributed by atoms with E-state index in [1.807, 2.05) is 0 Å².